The van der Waals surface area contributed by atoms with E-state index in [2.05, 4.69) is 23.9 Å². The van der Waals surface area contributed by atoms with E-state index in [4.69, 9.17) is 0 Å². The second kappa shape index (κ2) is 6.38. The van der Waals surface area contributed by atoms with Crippen LogP contribution in [-0.4, -0.2) is 23.2 Å². The van der Waals surface area contributed by atoms with Gasteiger partial charge in [0.05, 0.1) is 6.10 Å². The lowest BCUT2D eigenvalue weighted by Crippen LogP contribution is -2.35. The smallest absolute Gasteiger partial charge is 0.128 e. The van der Waals surface area contributed by atoms with E-state index < -0.39 is 6.10 Å². The van der Waals surface area contributed by atoms with E-state index in [-0.39, 0.29) is 0 Å². The van der Waals surface area contributed by atoms with Gasteiger partial charge in [-0.15, -0.1) is 0 Å². The summed E-state index contributed by atoms with van der Waals surface area (Å²) < 4.78 is 0. The average molecular weight is 262 g/mol. The third-order valence-corrected chi connectivity index (χ3v) is 4.56. The molecule has 19 heavy (non-hydrogen) atoms. The molecule has 0 saturated heterocycles. The molecule has 1 fully saturated rings. The van der Waals surface area contributed by atoms with Crippen LogP contribution in [0.15, 0.2) is 18.3 Å². The van der Waals surface area contributed by atoms with Gasteiger partial charge in [0.2, 0.25) is 0 Å². The molecule has 0 aliphatic heterocycles. The Bertz CT molecular complexity index is 380. The van der Waals surface area contributed by atoms with Crippen LogP contribution in [0.4, 0.5) is 5.82 Å². The van der Waals surface area contributed by atoms with Gasteiger partial charge in [0, 0.05) is 19.3 Å². The molecule has 1 aliphatic rings. The second-order valence-corrected chi connectivity index (χ2v) is 5.82. The molecule has 1 aromatic heterocycles. The lowest BCUT2D eigenvalue weighted by molar-refractivity contribution is 0.199. The zero-order valence-electron chi connectivity index (χ0n) is 12.3. The van der Waals surface area contributed by atoms with Crippen molar-refractivity contribution in [2.75, 3.05) is 11.9 Å². The Morgan fingerprint density at radius 1 is 1.32 bits per heavy atom. The summed E-state index contributed by atoms with van der Waals surface area (Å²) in [7, 11) is 2.14. The number of nitrogens with zero attached hydrogens (tertiary/aromatic N) is 2. The van der Waals surface area contributed by atoms with Crippen LogP contribution in [0.25, 0.3) is 0 Å². The topological polar surface area (TPSA) is 36.4 Å². The molecular weight excluding hydrogens is 236 g/mol. The van der Waals surface area contributed by atoms with Gasteiger partial charge in [-0.05, 0) is 50.2 Å². The maximum absolute atomic E-state index is 9.50. The molecule has 0 spiro atoms. The van der Waals surface area contributed by atoms with Crippen LogP contribution in [0.3, 0.4) is 0 Å². The van der Waals surface area contributed by atoms with Crippen LogP contribution in [0.2, 0.25) is 0 Å². The lowest BCUT2D eigenvalue weighted by Gasteiger charge is -2.35. The van der Waals surface area contributed by atoms with E-state index >= 15 is 0 Å². The number of hydrogen-bond acceptors (Lipinski definition) is 3. The third kappa shape index (κ3) is 3.47. The van der Waals surface area contributed by atoms with Gasteiger partial charge >= 0.3 is 0 Å². The van der Waals surface area contributed by atoms with Crippen molar-refractivity contribution in [3.05, 3.63) is 23.9 Å². The zero-order valence-corrected chi connectivity index (χ0v) is 12.3. The molecule has 1 saturated carbocycles. The Labute approximate surface area is 116 Å². The summed E-state index contributed by atoms with van der Waals surface area (Å²) in [6.45, 7) is 4.07. The zero-order chi connectivity index (χ0) is 13.8. The SMILES string of the molecule is CCC1CCC(N(C)c2ccc(C(C)O)cn2)CC1. The largest absolute Gasteiger partial charge is 0.389 e. The quantitative estimate of drug-likeness (QED) is 0.901. The van der Waals surface area contributed by atoms with Crippen LogP contribution in [0.5, 0.6) is 0 Å². The van der Waals surface area contributed by atoms with Crippen LogP contribution >= 0.6 is 0 Å². The van der Waals surface area contributed by atoms with Gasteiger partial charge < -0.3 is 10.0 Å². The molecule has 0 radical (unpaired) electrons. The van der Waals surface area contributed by atoms with Gasteiger partial charge in [-0.3, -0.25) is 0 Å². The van der Waals surface area contributed by atoms with Crippen molar-refractivity contribution in [3.63, 3.8) is 0 Å². The minimum atomic E-state index is -0.438. The van der Waals surface area contributed by atoms with Gasteiger partial charge in [-0.25, -0.2) is 4.98 Å². The fraction of sp³-hybridized carbons (Fsp3) is 0.688. The molecule has 106 valence electrons. The highest BCUT2D eigenvalue weighted by Gasteiger charge is 2.23. The normalized spacial score (nSPS) is 25.1. The summed E-state index contributed by atoms with van der Waals surface area (Å²) in [5, 5.41) is 9.50. The van der Waals surface area contributed by atoms with Gasteiger partial charge in [-0.1, -0.05) is 19.4 Å². The summed E-state index contributed by atoms with van der Waals surface area (Å²) in [4.78, 5) is 6.78. The number of pyridine rings is 1. The van der Waals surface area contributed by atoms with E-state index in [1.54, 1.807) is 13.1 Å². The van der Waals surface area contributed by atoms with Crippen molar-refractivity contribution in [1.29, 1.82) is 0 Å². The van der Waals surface area contributed by atoms with Crippen LogP contribution < -0.4 is 4.90 Å². The highest BCUT2D eigenvalue weighted by atomic mass is 16.3. The molecule has 1 heterocycles. The molecular formula is C16H26N2O. The van der Waals surface area contributed by atoms with E-state index in [0.29, 0.717) is 6.04 Å². The number of aliphatic hydroxyl groups excluding tert-OH is 1. The predicted molar refractivity (Wildman–Crippen MR) is 79.3 cm³/mol. The summed E-state index contributed by atoms with van der Waals surface area (Å²) in [6, 6.07) is 4.61. The standard InChI is InChI=1S/C16H26N2O/c1-4-13-5-8-15(9-6-13)18(3)16-10-7-14(11-17-16)12(2)19/h7,10-13,15,19H,4-6,8-9H2,1-3H3. The molecule has 0 amide bonds. The highest BCUT2D eigenvalue weighted by molar-refractivity contribution is 5.40. The second-order valence-electron chi connectivity index (χ2n) is 5.82. The number of aliphatic hydroxyl groups is 1. The fourth-order valence-corrected chi connectivity index (χ4v) is 2.98. The molecule has 1 unspecified atom stereocenters. The Kier molecular flexibility index (Phi) is 4.81. The lowest BCUT2D eigenvalue weighted by atomic mass is 9.84. The van der Waals surface area contributed by atoms with Crippen molar-refractivity contribution in [2.45, 2.75) is 58.1 Å². The first-order chi connectivity index (χ1) is 9.11. The minimum Gasteiger partial charge on any atom is -0.389 e. The maximum Gasteiger partial charge on any atom is 0.128 e. The van der Waals surface area contributed by atoms with Crippen molar-refractivity contribution < 1.29 is 5.11 Å². The molecule has 1 aliphatic carbocycles. The van der Waals surface area contributed by atoms with Crippen molar-refractivity contribution >= 4 is 5.82 Å². The molecule has 1 N–H and O–H groups in total. The van der Waals surface area contributed by atoms with Crippen LogP contribution in [-0.2, 0) is 0 Å². The third-order valence-electron chi connectivity index (χ3n) is 4.56. The van der Waals surface area contributed by atoms with Gasteiger partial charge in [-0.2, -0.15) is 0 Å². The van der Waals surface area contributed by atoms with Gasteiger partial charge in [0.15, 0.2) is 0 Å². The Balaban J connectivity index is 1.97. The van der Waals surface area contributed by atoms with Gasteiger partial charge in [0.25, 0.3) is 0 Å². The highest BCUT2D eigenvalue weighted by Crippen LogP contribution is 2.30. The maximum atomic E-state index is 9.50. The molecule has 1 atom stereocenters. The van der Waals surface area contributed by atoms with Crippen molar-refractivity contribution in [3.8, 4) is 0 Å². The summed E-state index contributed by atoms with van der Waals surface area (Å²) in [5.74, 6) is 1.94. The number of anilines is 1. The van der Waals surface area contributed by atoms with Crippen LogP contribution in [0, 0.1) is 5.92 Å². The summed E-state index contributed by atoms with van der Waals surface area (Å²) >= 11 is 0. The molecule has 2 rings (SSSR count). The predicted octanol–water partition coefficient (Wildman–Crippen LogP) is 3.54. The molecule has 3 heteroatoms. The molecule has 0 aromatic carbocycles. The average Bonchev–Trinajstić information content (AvgIpc) is 2.46. The van der Waals surface area contributed by atoms with Crippen molar-refractivity contribution in [1.82, 2.24) is 4.98 Å². The molecule has 0 bridgehead atoms. The Morgan fingerprint density at radius 3 is 2.47 bits per heavy atom. The van der Waals surface area contributed by atoms with E-state index in [9.17, 15) is 5.11 Å². The number of aromatic nitrogens is 1. The van der Waals surface area contributed by atoms with E-state index in [0.717, 1.165) is 17.3 Å². The van der Waals surface area contributed by atoms with Crippen LogP contribution in [0.1, 0.15) is 57.6 Å². The number of rotatable bonds is 4. The van der Waals surface area contributed by atoms with E-state index in [1.807, 2.05) is 12.1 Å². The summed E-state index contributed by atoms with van der Waals surface area (Å²) in [5.41, 5.74) is 0.881. The minimum absolute atomic E-state index is 0.438. The Morgan fingerprint density at radius 2 is 2.00 bits per heavy atom. The van der Waals surface area contributed by atoms with E-state index in [1.165, 1.54) is 32.1 Å². The van der Waals surface area contributed by atoms with Crippen molar-refractivity contribution in [2.24, 2.45) is 5.92 Å². The van der Waals surface area contributed by atoms with Gasteiger partial charge in [0.1, 0.15) is 5.82 Å². The first-order valence-electron chi connectivity index (χ1n) is 7.48. The molecule has 3 nitrogen and oxygen atoms in total. The fourth-order valence-electron chi connectivity index (χ4n) is 2.98. The summed E-state index contributed by atoms with van der Waals surface area (Å²) in [6.07, 6.45) is 7.90. The monoisotopic (exact) mass is 262 g/mol. The Hall–Kier alpha value is -1.09. The first kappa shape index (κ1) is 14.3. The number of hydrogen-bond donors (Lipinski definition) is 1. The molecule has 1 aromatic rings. The first-order valence-corrected chi connectivity index (χ1v) is 7.48.